The molecule has 0 saturated heterocycles. The van der Waals surface area contributed by atoms with E-state index in [1.54, 1.807) is 31.2 Å². The fourth-order valence-corrected chi connectivity index (χ4v) is 3.17. The first-order chi connectivity index (χ1) is 11.4. The highest BCUT2D eigenvalue weighted by atomic mass is 32.1. The minimum Gasteiger partial charge on any atom is -0.394 e. The molecule has 0 fully saturated rings. The largest absolute Gasteiger partial charge is 0.394 e. The second-order valence-electron chi connectivity index (χ2n) is 5.35. The van der Waals surface area contributed by atoms with Crippen molar-refractivity contribution in [3.05, 3.63) is 51.9 Å². The predicted molar refractivity (Wildman–Crippen MR) is 93.6 cm³/mol. The van der Waals surface area contributed by atoms with Gasteiger partial charge in [0.15, 0.2) is 0 Å². The summed E-state index contributed by atoms with van der Waals surface area (Å²) >= 11 is 1.33. The van der Waals surface area contributed by atoms with Crippen LogP contribution in [-0.2, 0) is 0 Å². The number of hydrogen-bond acceptors (Lipinski definition) is 5. The molecule has 0 aliphatic rings. The SMILES string of the molecule is Cc1sc(NC(=O)c2ccccc2)c(C(=O)NCC(O)CO)c1C. The van der Waals surface area contributed by atoms with Crippen LogP contribution >= 0.6 is 11.3 Å². The Morgan fingerprint density at radius 2 is 1.83 bits per heavy atom. The molecule has 24 heavy (non-hydrogen) atoms. The Kier molecular flexibility index (Phi) is 6.08. The van der Waals surface area contributed by atoms with E-state index in [0.717, 1.165) is 10.4 Å². The van der Waals surface area contributed by atoms with Gasteiger partial charge in [0.05, 0.1) is 18.3 Å². The molecule has 0 aliphatic heterocycles. The Morgan fingerprint density at radius 3 is 2.46 bits per heavy atom. The zero-order chi connectivity index (χ0) is 17.7. The molecule has 6 nitrogen and oxygen atoms in total. The minimum absolute atomic E-state index is 0.0598. The second kappa shape index (κ2) is 8.05. The maximum atomic E-state index is 12.4. The summed E-state index contributed by atoms with van der Waals surface area (Å²) in [6, 6.07) is 8.75. The average Bonchev–Trinajstić information content (AvgIpc) is 2.87. The third-order valence-electron chi connectivity index (χ3n) is 3.58. The molecule has 0 aliphatic carbocycles. The molecule has 1 aromatic carbocycles. The Balaban J connectivity index is 2.20. The normalized spacial score (nSPS) is 11.8. The number of carbonyl (C=O) groups excluding carboxylic acids is 2. The molecule has 0 saturated carbocycles. The highest BCUT2D eigenvalue weighted by molar-refractivity contribution is 7.16. The van der Waals surface area contributed by atoms with Gasteiger partial charge in [-0.1, -0.05) is 18.2 Å². The molecular formula is C17H20N2O4S. The smallest absolute Gasteiger partial charge is 0.256 e. The van der Waals surface area contributed by atoms with Crippen LogP contribution in [0, 0.1) is 13.8 Å². The molecule has 0 radical (unpaired) electrons. The molecule has 0 spiro atoms. The molecule has 1 heterocycles. The average molecular weight is 348 g/mol. The third-order valence-corrected chi connectivity index (χ3v) is 4.71. The summed E-state index contributed by atoms with van der Waals surface area (Å²) in [5.74, 6) is -0.686. The molecule has 4 N–H and O–H groups in total. The van der Waals surface area contributed by atoms with Crippen molar-refractivity contribution < 1.29 is 19.8 Å². The van der Waals surface area contributed by atoms with Gasteiger partial charge in [-0.25, -0.2) is 0 Å². The number of carbonyl (C=O) groups is 2. The number of amides is 2. The van der Waals surface area contributed by atoms with Crippen LogP contribution in [-0.4, -0.2) is 41.3 Å². The molecule has 1 atom stereocenters. The topological polar surface area (TPSA) is 98.7 Å². The number of aryl methyl sites for hydroxylation is 1. The minimum atomic E-state index is -1.02. The summed E-state index contributed by atoms with van der Waals surface area (Å²) in [6.45, 7) is 3.19. The molecule has 2 amide bonds. The number of nitrogens with one attached hydrogen (secondary N) is 2. The summed E-state index contributed by atoms with van der Waals surface area (Å²) in [6.07, 6.45) is -1.02. The number of hydrogen-bond donors (Lipinski definition) is 4. The van der Waals surface area contributed by atoms with Crippen molar-refractivity contribution in [3.63, 3.8) is 0 Å². The van der Waals surface area contributed by atoms with Crippen molar-refractivity contribution >= 4 is 28.2 Å². The summed E-state index contributed by atoms with van der Waals surface area (Å²) in [5.41, 5.74) is 1.66. The lowest BCUT2D eigenvalue weighted by atomic mass is 10.1. The Hall–Kier alpha value is -2.22. The number of rotatable bonds is 6. The summed E-state index contributed by atoms with van der Waals surface area (Å²) < 4.78 is 0. The number of anilines is 1. The van der Waals surface area contributed by atoms with Gasteiger partial charge in [-0.3, -0.25) is 9.59 Å². The number of thiophene rings is 1. The molecule has 2 rings (SSSR count). The van der Waals surface area contributed by atoms with Crippen LogP contribution in [0.4, 0.5) is 5.00 Å². The first kappa shape index (κ1) is 18.1. The Morgan fingerprint density at radius 1 is 1.17 bits per heavy atom. The fourth-order valence-electron chi connectivity index (χ4n) is 2.12. The van der Waals surface area contributed by atoms with Crippen LogP contribution in [0.1, 0.15) is 31.2 Å². The summed E-state index contributed by atoms with van der Waals surface area (Å²) in [4.78, 5) is 25.6. The lowest BCUT2D eigenvalue weighted by molar-refractivity contribution is 0.0802. The maximum Gasteiger partial charge on any atom is 0.256 e. The molecule has 128 valence electrons. The summed E-state index contributed by atoms with van der Waals surface area (Å²) in [5, 5.41) is 24.0. The highest BCUT2D eigenvalue weighted by Gasteiger charge is 2.21. The van der Waals surface area contributed by atoms with Crippen LogP contribution in [0.5, 0.6) is 0 Å². The lowest BCUT2D eigenvalue weighted by Crippen LogP contribution is -2.34. The Bertz CT molecular complexity index is 728. The molecule has 0 bridgehead atoms. The van der Waals surface area contributed by atoms with Gasteiger partial charge < -0.3 is 20.8 Å². The highest BCUT2D eigenvalue weighted by Crippen LogP contribution is 2.32. The van der Waals surface area contributed by atoms with Gasteiger partial charge in [0.25, 0.3) is 11.8 Å². The van der Waals surface area contributed by atoms with E-state index in [0.29, 0.717) is 16.1 Å². The first-order valence-corrected chi connectivity index (χ1v) is 8.29. The molecule has 1 unspecified atom stereocenters. The zero-order valence-electron chi connectivity index (χ0n) is 13.5. The van der Waals surface area contributed by atoms with Crippen LogP contribution < -0.4 is 10.6 Å². The summed E-state index contributed by atoms with van der Waals surface area (Å²) in [7, 11) is 0. The van der Waals surface area contributed by atoms with Crippen molar-refractivity contribution in [3.8, 4) is 0 Å². The van der Waals surface area contributed by atoms with Gasteiger partial charge in [0, 0.05) is 17.0 Å². The second-order valence-corrected chi connectivity index (χ2v) is 6.58. The van der Waals surface area contributed by atoms with Crippen molar-refractivity contribution in [1.29, 1.82) is 0 Å². The van der Waals surface area contributed by atoms with Gasteiger partial charge in [-0.05, 0) is 31.5 Å². The van der Waals surface area contributed by atoms with E-state index in [2.05, 4.69) is 10.6 Å². The van der Waals surface area contributed by atoms with Gasteiger partial charge in [0.1, 0.15) is 5.00 Å². The lowest BCUT2D eigenvalue weighted by Gasteiger charge is -2.11. The van der Waals surface area contributed by atoms with E-state index in [4.69, 9.17) is 5.11 Å². The van der Waals surface area contributed by atoms with E-state index in [1.165, 1.54) is 11.3 Å². The standard InChI is InChI=1S/C17H20N2O4S/c1-10-11(2)24-17(14(10)16(23)18-8-13(21)9-20)19-15(22)12-6-4-3-5-7-12/h3-7,13,20-21H,8-9H2,1-2H3,(H,18,23)(H,19,22). The number of benzene rings is 1. The third kappa shape index (κ3) is 4.19. The Labute approximate surface area is 144 Å². The van der Waals surface area contributed by atoms with Crippen molar-refractivity contribution in [2.24, 2.45) is 0 Å². The van der Waals surface area contributed by atoms with Crippen molar-refractivity contribution in [2.45, 2.75) is 20.0 Å². The van der Waals surface area contributed by atoms with Gasteiger partial charge in [-0.15, -0.1) is 11.3 Å². The molecule has 1 aromatic heterocycles. The van der Waals surface area contributed by atoms with Gasteiger partial charge in [0.2, 0.25) is 0 Å². The van der Waals surface area contributed by atoms with E-state index >= 15 is 0 Å². The first-order valence-electron chi connectivity index (χ1n) is 7.47. The molecule has 2 aromatic rings. The maximum absolute atomic E-state index is 12.4. The van der Waals surface area contributed by atoms with Crippen molar-refractivity contribution in [2.75, 3.05) is 18.5 Å². The van der Waals surface area contributed by atoms with E-state index in [1.807, 2.05) is 13.0 Å². The predicted octanol–water partition coefficient (Wildman–Crippen LogP) is 1.70. The number of aliphatic hydroxyl groups is 2. The van der Waals surface area contributed by atoms with E-state index < -0.39 is 18.6 Å². The van der Waals surface area contributed by atoms with E-state index in [-0.39, 0.29) is 12.5 Å². The van der Waals surface area contributed by atoms with Gasteiger partial charge >= 0.3 is 0 Å². The van der Waals surface area contributed by atoms with Crippen LogP contribution in [0.2, 0.25) is 0 Å². The zero-order valence-corrected chi connectivity index (χ0v) is 14.3. The van der Waals surface area contributed by atoms with Crippen LogP contribution in [0.15, 0.2) is 30.3 Å². The van der Waals surface area contributed by atoms with Gasteiger partial charge in [-0.2, -0.15) is 0 Å². The fraction of sp³-hybridized carbons (Fsp3) is 0.294. The number of aliphatic hydroxyl groups excluding tert-OH is 2. The monoisotopic (exact) mass is 348 g/mol. The van der Waals surface area contributed by atoms with Crippen LogP contribution in [0.25, 0.3) is 0 Å². The van der Waals surface area contributed by atoms with Crippen LogP contribution in [0.3, 0.4) is 0 Å². The quantitative estimate of drug-likeness (QED) is 0.638. The molecule has 7 heteroatoms. The van der Waals surface area contributed by atoms with Crippen molar-refractivity contribution in [1.82, 2.24) is 5.32 Å². The van der Waals surface area contributed by atoms with E-state index in [9.17, 15) is 14.7 Å². The molecular weight excluding hydrogens is 328 g/mol.